The Morgan fingerprint density at radius 2 is 2.03 bits per heavy atom. The van der Waals surface area contributed by atoms with E-state index < -0.39 is 17.1 Å². The number of terminal acetylenes is 1. The molecule has 0 spiro atoms. The van der Waals surface area contributed by atoms with Gasteiger partial charge >= 0.3 is 0 Å². The normalized spacial score (nSPS) is 16.6. The summed E-state index contributed by atoms with van der Waals surface area (Å²) < 4.78 is 17.1. The maximum Gasteiger partial charge on any atom is 0.294 e. The topological polar surface area (TPSA) is 97.4 Å². The lowest BCUT2D eigenvalue weighted by Gasteiger charge is -2.30. The summed E-state index contributed by atoms with van der Waals surface area (Å²) in [5.74, 6) is 2.36. The number of para-hydroxylation sites is 2. The molecule has 0 aromatic heterocycles. The number of rotatable bonds is 8. The second-order valence-electron chi connectivity index (χ2n) is 7.96. The number of carbonyl (C=O) groups is 3. The number of anilines is 2. The van der Waals surface area contributed by atoms with Crippen LogP contribution >= 0.6 is 34.4 Å². The summed E-state index contributed by atoms with van der Waals surface area (Å²) in [5.41, 5.74) is 2.13. The Morgan fingerprint density at radius 1 is 1.27 bits per heavy atom. The van der Waals surface area contributed by atoms with Gasteiger partial charge in [0.15, 0.2) is 11.5 Å². The molecule has 2 aliphatic rings. The molecule has 192 valence electrons. The van der Waals surface area contributed by atoms with Crippen molar-refractivity contribution in [3.8, 4) is 23.8 Å². The molecule has 3 amide bonds. The van der Waals surface area contributed by atoms with Gasteiger partial charge in [0, 0.05) is 13.1 Å². The number of halogens is 1. The molecule has 2 aromatic carbocycles. The molecule has 0 saturated carbocycles. The van der Waals surface area contributed by atoms with Crippen LogP contribution in [0.2, 0.25) is 0 Å². The van der Waals surface area contributed by atoms with Crippen molar-refractivity contribution in [1.82, 2.24) is 4.90 Å². The highest BCUT2D eigenvalue weighted by molar-refractivity contribution is 14.1. The average molecular weight is 633 g/mol. The summed E-state index contributed by atoms with van der Waals surface area (Å²) in [5, 5.41) is 2.33. The van der Waals surface area contributed by atoms with Gasteiger partial charge in [-0.15, -0.1) is 6.42 Å². The number of hydrogen-bond donors (Lipinski definition) is 1. The van der Waals surface area contributed by atoms with Crippen LogP contribution in [0.15, 0.2) is 41.3 Å². The number of nitrogens with zero attached hydrogens (tertiary/aromatic N) is 2. The molecule has 2 saturated heterocycles. The number of nitrogens with one attached hydrogen (secondary N) is 1. The van der Waals surface area contributed by atoms with E-state index in [4.69, 9.17) is 20.6 Å². The Hall–Kier alpha value is -3.21. The van der Waals surface area contributed by atoms with Crippen LogP contribution in [0.4, 0.5) is 16.2 Å². The Bertz CT molecular complexity index is 1290. The van der Waals surface area contributed by atoms with Gasteiger partial charge in [-0.1, -0.05) is 18.1 Å². The van der Waals surface area contributed by atoms with E-state index in [-0.39, 0.29) is 18.1 Å². The zero-order valence-electron chi connectivity index (χ0n) is 20.0. The fourth-order valence-corrected chi connectivity index (χ4v) is 5.48. The smallest absolute Gasteiger partial charge is 0.294 e. The van der Waals surface area contributed by atoms with E-state index in [1.54, 1.807) is 24.3 Å². The van der Waals surface area contributed by atoms with Crippen molar-refractivity contribution in [1.29, 1.82) is 0 Å². The summed E-state index contributed by atoms with van der Waals surface area (Å²) in [7, 11) is 1.50. The summed E-state index contributed by atoms with van der Waals surface area (Å²) in [6, 6.07) is 10.9. The molecule has 2 fully saturated rings. The summed E-state index contributed by atoms with van der Waals surface area (Å²) in [6.45, 7) is 2.33. The zero-order chi connectivity index (χ0) is 26.4. The van der Waals surface area contributed by atoms with Crippen molar-refractivity contribution in [2.24, 2.45) is 0 Å². The third kappa shape index (κ3) is 6.38. The van der Waals surface area contributed by atoms with Gasteiger partial charge in [0.1, 0.15) is 13.2 Å². The molecule has 1 N–H and O–H groups in total. The highest BCUT2D eigenvalue weighted by atomic mass is 127. The maximum absolute atomic E-state index is 13.0. The Kier molecular flexibility index (Phi) is 8.96. The largest absolute Gasteiger partial charge is 0.493 e. The second kappa shape index (κ2) is 12.4. The predicted octanol–water partition coefficient (Wildman–Crippen LogP) is 3.82. The van der Waals surface area contributed by atoms with Gasteiger partial charge in [-0.25, -0.2) is 0 Å². The summed E-state index contributed by atoms with van der Waals surface area (Å²) >= 11 is 2.87. The number of morpholine rings is 1. The molecular formula is C26H24IN3O6S. The number of methoxy groups -OCH3 is 1. The van der Waals surface area contributed by atoms with Crippen LogP contribution in [0.5, 0.6) is 11.5 Å². The average Bonchev–Trinajstić information content (AvgIpc) is 3.15. The minimum Gasteiger partial charge on any atom is -0.493 e. The lowest BCUT2D eigenvalue weighted by molar-refractivity contribution is -0.127. The molecule has 0 radical (unpaired) electrons. The number of imide groups is 1. The number of ether oxygens (including phenoxy) is 3. The van der Waals surface area contributed by atoms with Gasteiger partial charge in [-0.05, 0) is 70.3 Å². The minimum atomic E-state index is -0.534. The van der Waals surface area contributed by atoms with E-state index in [1.165, 1.54) is 7.11 Å². The van der Waals surface area contributed by atoms with Crippen molar-refractivity contribution in [2.75, 3.05) is 56.8 Å². The van der Waals surface area contributed by atoms with Gasteiger partial charge in [-0.2, -0.15) is 0 Å². The molecule has 0 unspecified atom stereocenters. The predicted molar refractivity (Wildman–Crippen MR) is 151 cm³/mol. The van der Waals surface area contributed by atoms with Crippen molar-refractivity contribution in [3.63, 3.8) is 0 Å². The van der Waals surface area contributed by atoms with E-state index in [0.29, 0.717) is 49.1 Å². The highest BCUT2D eigenvalue weighted by Crippen LogP contribution is 2.37. The molecule has 0 aliphatic carbocycles. The monoisotopic (exact) mass is 633 g/mol. The first-order valence-electron chi connectivity index (χ1n) is 11.3. The number of benzene rings is 2. The van der Waals surface area contributed by atoms with E-state index in [2.05, 4.69) is 38.7 Å². The highest BCUT2D eigenvalue weighted by Gasteiger charge is 2.36. The molecule has 0 atom stereocenters. The van der Waals surface area contributed by atoms with E-state index in [1.807, 2.05) is 18.2 Å². The molecule has 9 nitrogen and oxygen atoms in total. The molecule has 4 rings (SSSR count). The quantitative estimate of drug-likeness (QED) is 0.267. The van der Waals surface area contributed by atoms with Crippen molar-refractivity contribution in [3.05, 3.63) is 50.4 Å². The SMILES string of the molecule is C#CCOc1c(I)cc(/C=C2/SC(=O)N(CC(=O)Nc3ccccc3N3CCOCC3)C2=O)cc1OC. The standard InChI is InChI=1S/C26H24IN3O6S/c1-3-10-36-24-18(27)13-17(14-21(24)34-2)15-22-25(32)30(26(33)37-22)16-23(31)28-19-6-4-5-7-20(19)29-8-11-35-12-9-29/h1,4-7,13-15H,8-12,16H2,2H3,(H,28,31)/b22-15+. The van der Waals surface area contributed by atoms with E-state index in [9.17, 15) is 14.4 Å². The van der Waals surface area contributed by atoms with Crippen LogP contribution in [0, 0.1) is 15.9 Å². The summed E-state index contributed by atoms with van der Waals surface area (Å²) in [4.78, 5) is 41.7. The fourth-order valence-electron chi connectivity index (χ4n) is 3.86. The van der Waals surface area contributed by atoms with Crippen LogP contribution in [0.25, 0.3) is 6.08 Å². The van der Waals surface area contributed by atoms with Crippen molar-refractivity contribution < 1.29 is 28.6 Å². The van der Waals surface area contributed by atoms with Gasteiger partial charge in [0.05, 0.1) is 40.2 Å². The first-order valence-corrected chi connectivity index (χ1v) is 13.2. The Labute approximate surface area is 232 Å². The number of carbonyl (C=O) groups excluding carboxylic acids is 3. The number of amides is 3. The first kappa shape index (κ1) is 26.8. The number of hydrogen-bond acceptors (Lipinski definition) is 8. The first-order chi connectivity index (χ1) is 17.9. The van der Waals surface area contributed by atoms with Crippen molar-refractivity contribution >= 4 is 68.9 Å². The molecule has 2 aromatic rings. The molecule has 0 bridgehead atoms. The number of thioether (sulfide) groups is 1. The third-order valence-electron chi connectivity index (χ3n) is 5.55. The van der Waals surface area contributed by atoms with E-state index in [0.717, 1.165) is 25.9 Å². The van der Waals surface area contributed by atoms with Crippen LogP contribution in [-0.2, 0) is 14.3 Å². The van der Waals surface area contributed by atoms with Crippen LogP contribution < -0.4 is 19.7 Å². The van der Waals surface area contributed by atoms with Crippen LogP contribution in [-0.4, -0.2) is 68.5 Å². The van der Waals surface area contributed by atoms with Crippen LogP contribution in [0.3, 0.4) is 0 Å². The van der Waals surface area contributed by atoms with Gasteiger partial charge in [-0.3, -0.25) is 19.3 Å². The summed E-state index contributed by atoms with van der Waals surface area (Å²) in [6.07, 6.45) is 6.87. The van der Waals surface area contributed by atoms with Crippen molar-refractivity contribution in [2.45, 2.75) is 0 Å². The van der Waals surface area contributed by atoms with Gasteiger partial charge in [0.25, 0.3) is 11.1 Å². The lowest BCUT2D eigenvalue weighted by atomic mass is 10.2. The van der Waals surface area contributed by atoms with Gasteiger partial charge in [0.2, 0.25) is 5.91 Å². The molecule has 2 aliphatic heterocycles. The minimum absolute atomic E-state index is 0.0869. The Balaban J connectivity index is 1.47. The zero-order valence-corrected chi connectivity index (χ0v) is 23.0. The fraction of sp³-hybridized carbons (Fsp3) is 0.269. The molecule has 11 heteroatoms. The van der Waals surface area contributed by atoms with Crippen LogP contribution in [0.1, 0.15) is 5.56 Å². The maximum atomic E-state index is 13.0. The molecule has 37 heavy (non-hydrogen) atoms. The van der Waals surface area contributed by atoms with E-state index >= 15 is 0 Å². The third-order valence-corrected chi connectivity index (χ3v) is 7.26. The molecule has 2 heterocycles. The second-order valence-corrected chi connectivity index (χ2v) is 10.1. The lowest BCUT2D eigenvalue weighted by Crippen LogP contribution is -2.38. The molecular weight excluding hydrogens is 609 g/mol. The van der Waals surface area contributed by atoms with Gasteiger partial charge < -0.3 is 24.4 Å². The Morgan fingerprint density at radius 3 is 2.76 bits per heavy atom.